The SMILES string of the molecule is Cc1ccccc1[C@@H]1C2=C(C[C@@H](C)CC2=O)Nc2nc(C(F)(F)F)nn21. The Balaban J connectivity index is 1.94. The van der Waals surface area contributed by atoms with E-state index < -0.39 is 18.0 Å². The molecule has 0 saturated heterocycles. The van der Waals surface area contributed by atoms with Gasteiger partial charge in [0.25, 0.3) is 5.82 Å². The van der Waals surface area contributed by atoms with Gasteiger partial charge in [0.1, 0.15) is 6.04 Å². The number of ketones is 1. The number of nitrogens with zero attached hydrogens (tertiary/aromatic N) is 3. The van der Waals surface area contributed by atoms with Crippen LogP contribution in [-0.4, -0.2) is 20.5 Å². The van der Waals surface area contributed by atoms with Crippen LogP contribution in [0.1, 0.15) is 42.8 Å². The standard InChI is InChI=1S/C18H17F3N4O/c1-9-7-12-14(13(26)8-9)15(11-6-4-3-5-10(11)2)25-17(22-12)23-16(24-25)18(19,20)21/h3-6,9,15H,7-8H2,1-2H3,(H,22,23,24)/t9-,15-/m1/s1. The van der Waals surface area contributed by atoms with Crippen LogP contribution in [0.15, 0.2) is 35.5 Å². The fraction of sp³-hybridized carbons (Fsp3) is 0.389. The van der Waals surface area contributed by atoms with Gasteiger partial charge in [0.2, 0.25) is 5.95 Å². The van der Waals surface area contributed by atoms with E-state index in [1.807, 2.05) is 38.1 Å². The second kappa shape index (κ2) is 5.69. The Labute approximate surface area is 147 Å². The molecule has 26 heavy (non-hydrogen) atoms. The zero-order chi connectivity index (χ0) is 18.6. The van der Waals surface area contributed by atoms with E-state index in [0.717, 1.165) is 11.1 Å². The van der Waals surface area contributed by atoms with Crippen LogP contribution in [0.5, 0.6) is 0 Å². The molecule has 1 aromatic carbocycles. The van der Waals surface area contributed by atoms with E-state index in [9.17, 15) is 18.0 Å². The molecule has 4 rings (SSSR count). The average Bonchev–Trinajstić information content (AvgIpc) is 2.97. The quantitative estimate of drug-likeness (QED) is 0.837. The second-order valence-electron chi connectivity index (χ2n) is 6.91. The lowest BCUT2D eigenvalue weighted by molar-refractivity contribution is -0.145. The highest BCUT2D eigenvalue weighted by atomic mass is 19.4. The molecule has 0 saturated carbocycles. The minimum absolute atomic E-state index is 0.0197. The van der Waals surface area contributed by atoms with Crippen LogP contribution in [0.4, 0.5) is 19.1 Å². The molecule has 0 amide bonds. The van der Waals surface area contributed by atoms with E-state index in [2.05, 4.69) is 15.4 Å². The molecule has 5 nitrogen and oxygen atoms in total. The van der Waals surface area contributed by atoms with Crippen LogP contribution in [0.3, 0.4) is 0 Å². The van der Waals surface area contributed by atoms with Crippen LogP contribution >= 0.6 is 0 Å². The summed E-state index contributed by atoms with van der Waals surface area (Å²) in [5.41, 5.74) is 2.77. The normalized spacial score (nSPS) is 22.7. The average molecular weight is 362 g/mol. The molecular weight excluding hydrogens is 345 g/mol. The lowest BCUT2D eigenvalue weighted by Gasteiger charge is -2.34. The van der Waals surface area contributed by atoms with Gasteiger partial charge in [0.15, 0.2) is 5.78 Å². The number of carbonyl (C=O) groups excluding carboxylic acids is 1. The summed E-state index contributed by atoms with van der Waals surface area (Å²) < 4.78 is 40.6. The number of Topliss-reactive ketones (excluding diaryl/α,β-unsaturated/α-hetero) is 1. The zero-order valence-corrected chi connectivity index (χ0v) is 14.3. The molecule has 0 bridgehead atoms. The molecule has 0 spiro atoms. The molecule has 2 heterocycles. The number of nitrogens with one attached hydrogen (secondary N) is 1. The number of aromatic nitrogens is 3. The number of benzene rings is 1. The third kappa shape index (κ3) is 2.60. The highest BCUT2D eigenvalue weighted by Crippen LogP contribution is 2.43. The Hall–Kier alpha value is -2.64. The Kier molecular flexibility index (Phi) is 3.68. The summed E-state index contributed by atoms with van der Waals surface area (Å²) in [5, 5.41) is 6.62. The second-order valence-corrected chi connectivity index (χ2v) is 6.91. The Bertz CT molecular complexity index is 929. The summed E-state index contributed by atoms with van der Waals surface area (Å²) in [7, 11) is 0. The minimum atomic E-state index is -4.65. The van der Waals surface area contributed by atoms with Crippen LogP contribution in [-0.2, 0) is 11.0 Å². The first-order chi connectivity index (χ1) is 12.3. The van der Waals surface area contributed by atoms with Gasteiger partial charge in [-0.15, -0.1) is 5.10 Å². The van der Waals surface area contributed by atoms with Crippen molar-refractivity contribution < 1.29 is 18.0 Å². The van der Waals surface area contributed by atoms with E-state index in [-0.39, 0.29) is 17.6 Å². The maximum atomic E-state index is 13.1. The van der Waals surface area contributed by atoms with Gasteiger partial charge in [-0.3, -0.25) is 4.79 Å². The number of alkyl halides is 3. The van der Waals surface area contributed by atoms with E-state index in [1.165, 1.54) is 4.68 Å². The van der Waals surface area contributed by atoms with Crippen molar-refractivity contribution in [1.82, 2.24) is 14.8 Å². The lowest BCUT2D eigenvalue weighted by atomic mass is 9.80. The van der Waals surface area contributed by atoms with Gasteiger partial charge in [-0.2, -0.15) is 18.2 Å². The zero-order valence-electron chi connectivity index (χ0n) is 14.3. The van der Waals surface area contributed by atoms with E-state index in [0.29, 0.717) is 24.1 Å². The van der Waals surface area contributed by atoms with Gasteiger partial charge in [0, 0.05) is 17.7 Å². The van der Waals surface area contributed by atoms with Crippen molar-refractivity contribution in [3.63, 3.8) is 0 Å². The smallest absolute Gasteiger partial charge is 0.328 e. The summed E-state index contributed by atoms with van der Waals surface area (Å²) in [4.78, 5) is 16.4. The van der Waals surface area contributed by atoms with Gasteiger partial charge >= 0.3 is 6.18 Å². The van der Waals surface area contributed by atoms with Crippen molar-refractivity contribution in [2.75, 3.05) is 5.32 Å². The number of allylic oxidation sites excluding steroid dienone is 2. The molecule has 2 atom stereocenters. The summed E-state index contributed by atoms with van der Waals surface area (Å²) in [6.45, 7) is 3.82. The molecule has 2 aliphatic rings. The summed E-state index contributed by atoms with van der Waals surface area (Å²) in [6.07, 6.45) is -3.68. The summed E-state index contributed by atoms with van der Waals surface area (Å²) >= 11 is 0. The summed E-state index contributed by atoms with van der Waals surface area (Å²) in [6, 6.07) is 6.64. The van der Waals surface area contributed by atoms with Gasteiger partial charge in [0.05, 0.1) is 0 Å². The largest absolute Gasteiger partial charge is 0.453 e. The first-order valence-corrected chi connectivity index (χ1v) is 8.38. The fourth-order valence-electron chi connectivity index (χ4n) is 3.71. The van der Waals surface area contributed by atoms with Gasteiger partial charge in [-0.25, -0.2) is 4.68 Å². The highest BCUT2D eigenvalue weighted by Gasteiger charge is 2.43. The Morgan fingerprint density at radius 2 is 1.96 bits per heavy atom. The molecule has 1 N–H and O–H groups in total. The van der Waals surface area contributed by atoms with E-state index >= 15 is 0 Å². The van der Waals surface area contributed by atoms with E-state index in [4.69, 9.17) is 0 Å². The lowest BCUT2D eigenvalue weighted by Crippen LogP contribution is -2.33. The fourth-order valence-corrected chi connectivity index (χ4v) is 3.71. The molecule has 1 aliphatic heterocycles. The van der Waals surface area contributed by atoms with Crippen LogP contribution in [0.25, 0.3) is 0 Å². The molecule has 0 fully saturated rings. The van der Waals surface area contributed by atoms with Crippen LogP contribution < -0.4 is 5.32 Å². The number of anilines is 1. The van der Waals surface area contributed by atoms with Gasteiger partial charge in [-0.1, -0.05) is 31.2 Å². The van der Waals surface area contributed by atoms with Gasteiger partial charge in [-0.05, 0) is 30.4 Å². The number of hydrogen-bond acceptors (Lipinski definition) is 4. The van der Waals surface area contributed by atoms with Crippen molar-refractivity contribution in [2.24, 2.45) is 5.92 Å². The monoisotopic (exact) mass is 362 g/mol. The topological polar surface area (TPSA) is 59.8 Å². The van der Waals surface area contributed by atoms with Crippen molar-refractivity contribution in [1.29, 1.82) is 0 Å². The molecule has 0 unspecified atom stereocenters. The number of carbonyl (C=O) groups is 1. The summed E-state index contributed by atoms with van der Waals surface area (Å²) in [5.74, 6) is -1.12. The number of aryl methyl sites for hydroxylation is 1. The van der Waals surface area contributed by atoms with Crippen molar-refractivity contribution in [3.8, 4) is 0 Å². The van der Waals surface area contributed by atoms with E-state index in [1.54, 1.807) is 0 Å². The van der Waals surface area contributed by atoms with Crippen LogP contribution in [0.2, 0.25) is 0 Å². The first-order valence-electron chi connectivity index (χ1n) is 8.38. The van der Waals surface area contributed by atoms with Crippen LogP contribution in [0, 0.1) is 12.8 Å². The van der Waals surface area contributed by atoms with Crippen molar-refractivity contribution in [3.05, 3.63) is 52.5 Å². The van der Waals surface area contributed by atoms with Gasteiger partial charge < -0.3 is 5.32 Å². The van der Waals surface area contributed by atoms with Crippen molar-refractivity contribution >= 4 is 11.7 Å². The molecule has 8 heteroatoms. The number of halogens is 3. The Morgan fingerprint density at radius 1 is 1.23 bits per heavy atom. The highest BCUT2D eigenvalue weighted by molar-refractivity contribution is 5.99. The number of hydrogen-bond donors (Lipinski definition) is 1. The maximum absolute atomic E-state index is 13.1. The molecule has 136 valence electrons. The third-order valence-corrected chi connectivity index (χ3v) is 4.86. The van der Waals surface area contributed by atoms with Crippen molar-refractivity contribution in [2.45, 2.75) is 38.9 Å². The Morgan fingerprint density at radius 3 is 2.65 bits per heavy atom. The molecule has 2 aromatic rings. The molecule has 0 radical (unpaired) electrons. The number of fused-ring (bicyclic) bond motifs is 1. The predicted molar refractivity (Wildman–Crippen MR) is 88.4 cm³/mol. The number of rotatable bonds is 1. The minimum Gasteiger partial charge on any atom is -0.328 e. The maximum Gasteiger partial charge on any atom is 0.453 e. The molecule has 1 aliphatic carbocycles. The molecular formula is C18H17F3N4O. The first kappa shape index (κ1) is 16.8. The molecule has 1 aromatic heterocycles. The third-order valence-electron chi connectivity index (χ3n) is 4.86. The predicted octanol–water partition coefficient (Wildman–Crippen LogP) is 3.87.